The second-order valence-corrected chi connectivity index (χ2v) is 4.62. The molecule has 0 saturated heterocycles. The monoisotopic (exact) mass is 234 g/mol. The first kappa shape index (κ1) is 11.0. The molecule has 88 valence electrons. The number of aryl methyl sites for hydroxylation is 1. The Labute approximate surface area is 107 Å². The van der Waals surface area contributed by atoms with Gasteiger partial charge in [0, 0.05) is 0 Å². The fourth-order valence-corrected chi connectivity index (χ4v) is 2.41. The van der Waals surface area contributed by atoms with Gasteiger partial charge in [-0.1, -0.05) is 42.5 Å². The van der Waals surface area contributed by atoms with Crippen LogP contribution in [0.25, 0.3) is 17.2 Å². The number of allylic oxidation sites excluding steroid dienone is 1. The lowest BCUT2D eigenvalue weighted by Gasteiger charge is -2.14. The van der Waals surface area contributed by atoms with Crippen LogP contribution in [-0.2, 0) is 11.2 Å². The summed E-state index contributed by atoms with van der Waals surface area (Å²) in [6.07, 6.45) is 4.81. The molecular formula is C17H14O. The van der Waals surface area contributed by atoms with E-state index in [2.05, 4.69) is 30.3 Å². The number of hydrogen-bond acceptors (Lipinski definition) is 1. The van der Waals surface area contributed by atoms with Crippen LogP contribution >= 0.6 is 0 Å². The number of fused-ring (bicyclic) bond motifs is 1. The van der Waals surface area contributed by atoms with Crippen molar-refractivity contribution in [2.24, 2.45) is 0 Å². The molecule has 0 fully saturated rings. The first-order chi connectivity index (χ1) is 8.86. The number of rotatable bonds is 2. The highest BCUT2D eigenvalue weighted by atomic mass is 16.1. The minimum atomic E-state index is 0.862. The standard InChI is InChI=1S/C17H14O/c18-12-13-6-7-15-8-9-16(11-17(15)10-13)14-4-2-1-3-5-14/h1-5,8-12H,6-7H2. The molecule has 0 atom stereocenters. The Morgan fingerprint density at radius 1 is 0.889 bits per heavy atom. The molecule has 0 N–H and O–H groups in total. The second-order valence-electron chi connectivity index (χ2n) is 4.62. The summed E-state index contributed by atoms with van der Waals surface area (Å²) in [4.78, 5) is 10.9. The lowest BCUT2D eigenvalue weighted by atomic mass is 9.90. The van der Waals surface area contributed by atoms with Crippen LogP contribution in [0, 0.1) is 0 Å². The molecular weight excluding hydrogens is 220 g/mol. The summed E-state index contributed by atoms with van der Waals surface area (Å²) in [5.74, 6) is 0. The smallest absolute Gasteiger partial charge is 0.146 e. The van der Waals surface area contributed by atoms with Gasteiger partial charge in [-0.2, -0.15) is 0 Å². The number of benzene rings is 2. The van der Waals surface area contributed by atoms with Crippen molar-refractivity contribution in [3.05, 3.63) is 65.2 Å². The van der Waals surface area contributed by atoms with Crippen molar-refractivity contribution < 1.29 is 4.79 Å². The van der Waals surface area contributed by atoms with Gasteiger partial charge in [-0.3, -0.25) is 4.79 Å². The summed E-state index contributed by atoms with van der Waals surface area (Å²) in [6.45, 7) is 0. The van der Waals surface area contributed by atoms with E-state index in [0.29, 0.717) is 0 Å². The van der Waals surface area contributed by atoms with Crippen LogP contribution in [0.2, 0.25) is 0 Å². The van der Waals surface area contributed by atoms with Crippen molar-refractivity contribution in [3.63, 3.8) is 0 Å². The summed E-state index contributed by atoms with van der Waals surface area (Å²) >= 11 is 0. The van der Waals surface area contributed by atoms with Gasteiger partial charge in [-0.05, 0) is 52.8 Å². The summed E-state index contributed by atoms with van der Waals surface area (Å²) in [5, 5.41) is 0. The Hall–Kier alpha value is -2.15. The Morgan fingerprint density at radius 2 is 1.72 bits per heavy atom. The highest BCUT2D eigenvalue weighted by Gasteiger charge is 2.10. The molecule has 0 saturated carbocycles. The van der Waals surface area contributed by atoms with Crippen LogP contribution < -0.4 is 0 Å². The molecule has 1 aliphatic carbocycles. The largest absolute Gasteiger partial charge is 0.298 e. The van der Waals surface area contributed by atoms with Crippen LogP contribution in [0.3, 0.4) is 0 Å². The summed E-state index contributed by atoms with van der Waals surface area (Å²) in [6, 6.07) is 16.8. The highest BCUT2D eigenvalue weighted by molar-refractivity contribution is 5.84. The average Bonchev–Trinajstić information content (AvgIpc) is 2.47. The molecule has 0 amide bonds. The van der Waals surface area contributed by atoms with E-state index in [1.807, 2.05) is 24.3 Å². The number of carbonyl (C=O) groups is 1. The molecule has 1 aliphatic rings. The maximum Gasteiger partial charge on any atom is 0.146 e. The lowest BCUT2D eigenvalue weighted by molar-refractivity contribution is -0.105. The van der Waals surface area contributed by atoms with Gasteiger partial charge in [0.15, 0.2) is 0 Å². The molecule has 0 aliphatic heterocycles. The van der Waals surface area contributed by atoms with E-state index in [1.165, 1.54) is 22.3 Å². The van der Waals surface area contributed by atoms with Gasteiger partial charge in [0.1, 0.15) is 6.29 Å². The van der Waals surface area contributed by atoms with Crippen molar-refractivity contribution in [1.82, 2.24) is 0 Å². The predicted molar refractivity (Wildman–Crippen MR) is 74.2 cm³/mol. The maximum absolute atomic E-state index is 10.9. The highest BCUT2D eigenvalue weighted by Crippen LogP contribution is 2.28. The van der Waals surface area contributed by atoms with Gasteiger partial charge in [-0.25, -0.2) is 0 Å². The van der Waals surface area contributed by atoms with E-state index >= 15 is 0 Å². The molecule has 0 spiro atoms. The molecule has 3 rings (SSSR count). The third kappa shape index (κ3) is 2.00. The van der Waals surface area contributed by atoms with E-state index in [-0.39, 0.29) is 0 Å². The Kier molecular flexibility index (Phi) is 2.81. The number of hydrogen-bond donors (Lipinski definition) is 0. The summed E-state index contributed by atoms with van der Waals surface area (Å²) in [5.41, 5.74) is 5.84. The maximum atomic E-state index is 10.9. The predicted octanol–water partition coefficient (Wildman–Crippen LogP) is 3.88. The molecule has 1 nitrogen and oxygen atoms in total. The Bertz CT molecular complexity index is 609. The molecule has 1 heteroatoms. The van der Waals surface area contributed by atoms with E-state index in [0.717, 1.165) is 24.7 Å². The average molecular weight is 234 g/mol. The SMILES string of the molecule is O=CC1=Cc2cc(-c3ccccc3)ccc2CC1. The van der Waals surface area contributed by atoms with Gasteiger partial charge in [0.25, 0.3) is 0 Å². The molecule has 18 heavy (non-hydrogen) atoms. The number of carbonyl (C=O) groups excluding carboxylic acids is 1. The van der Waals surface area contributed by atoms with Gasteiger partial charge >= 0.3 is 0 Å². The minimum absolute atomic E-state index is 0.862. The minimum Gasteiger partial charge on any atom is -0.298 e. The van der Waals surface area contributed by atoms with Crippen molar-refractivity contribution in [2.75, 3.05) is 0 Å². The summed E-state index contributed by atoms with van der Waals surface area (Å²) in [7, 11) is 0. The zero-order chi connectivity index (χ0) is 12.4. The van der Waals surface area contributed by atoms with Gasteiger partial charge in [-0.15, -0.1) is 0 Å². The Balaban J connectivity index is 2.07. The molecule has 2 aromatic carbocycles. The molecule has 2 aromatic rings. The third-order valence-electron chi connectivity index (χ3n) is 3.43. The van der Waals surface area contributed by atoms with E-state index in [9.17, 15) is 4.79 Å². The van der Waals surface area contributed by atoms with Crippen molar-refractivity contribution in [3.8, 4) is 11.1 Å². The van der Waals surface area contributed by atoms with Gasteiger partial charge in [0.05, 0.1) is 0 Å². The molecule has 0 radical (unpaired) electrons. The van der Waals surface area contributed by atoms with Crippen molar-refractivity contribution in [1.29, 1.82) is 0 Å². The van der Waals surface area contributed by atoms with E-state index < -0.39 is 0 Å². The molecule has 0 aromatic heterocycles. The fraction of sp³-hybridized carbons (Fsp3) is 0.118. The topological polar surface area (TPSA) is 17.1 Å². The zero-order valence-electron chi connectivity index (χ0n) is 10.1. The first-order valence-corrected chi connectivity index (χ1v) is 6.21. The normalized spacial score (nSPS) is 13.7. The van der Waals surface area contributed by atoms with Crippen LogP contribution in [0.4, 0.5) is 0 Å². The molecule has 0 bridgehead atoms. The first-order valence-electron chi connectivity index (χ1n) is 6.21. The molecule has 0 unspecified atom stereocenters. The lowest BCUT2D eigenvalue weighted by Crippen LogP contribution is -2.00. The number of aldehydes is 1. The van der Waals surface area contributed by atoms with Crippen molar-refractivity contribution >= 4 is 12.4 Å². The van der Waals surface area contributed by atoms with E-state index in [1.54, 1.807) is 0 Å². The summed E-state index contributed by atoms with van der Waals surface area (Å²) < 4.78 is 0. The van der Waals surface area contributed by atoms with Crippen molar-refractivity contribution in [2.45, 2.75) is 12.8 Å². The van der Waals surface area contributed by atoms with Crippen LogP contribution in [0.5, 0.6) is 0 Å². The quantitative estimate of drug-likeness (QED) is 0.721. The van der Waals surface area contributed by atoms with Crippen LogP contribution in [-0.4, -0.2) is 6.29 Å². The van der Waals surface area contributed by atoms with Crippen LogP contribution in [0.1, 0.15) is 17.5 Å². The van der Waals surface area contributed by atoms with E-state index in [4.69, 9.17) is 0 Å². The fourth-order valence-electron chi connectivity index (χ4n) is 2.41. The molecule has 0 heterocycles. The third-order valence-corrected chi connectivity index (χ3v) is 3.43. The van der Waals surface area contributed by atoms with Gasteiger partial charge < -0.3 is 0 Å². The Morgan fingerprint density at radius 3 is 2.50 bits per heavy atom. The van der Waals surface area contributed by atoms with Gasteiger partial charge in [0.2, 0.25) is 0 Å². The second kappa shape index (κ2) is 4.61. The van der Waals surface area contributed by atoms with Crippen LogP contribution in [0.15, 0.2) is 54.1 Å². The zero-order valence-corrected chi connectivity index (χ0v) is 10.1.